The first-order valence-corrected chi connectivity index (χ1v) is 9.31. The summed E-state index contributed by atoms with van der Waals surface area (Å²) in [6.07, 6.45) is 3.35. The van der Waals surface area contributed by atoms with Gasteiger partial charge in [-0.25, -0.2) is 4.98 Å². The summed E-state index contributed by atoms with van der Waals surface area (Å²) < 4.78 is 4.90. The number of carbonyl (C=O) groups is 2. The molecule has 3 aromatic rings. The number of rotatable bonds is 6. The van der Waals surface area contributed by atoms with Crippen LogP contribution in [0.4, 0.5) is 10.8 Å². The zero-order valence-electron chi connectivity index (χ0n) is 15.3. The number of nitrogens with zero attached hydrogens (tertiary/aromatic N) is 2. The molecule has 1 aromatic carbocycles. The lowest BCUT2D eigenvalue weighted by atomic mass is 10.1. The fourth-order valence-corrected chi connectivity index (χ4v) is 3.27. The molecule has 0 atom stereocenters. The van der Waals surface area contributed by atoms with Crippen molar-refractivity contribution in [2.75, 3.05) is 10.6 Å². The molecular formula is C19H20N4O3S. The Morgan fingerprint density at radius 1 is 1.22 bits per heavy atom. The number of aryl methyl sites for hydroxylation is 1. The molecular weight excluding hydrogens is 364 g/mol. The lowest BCUT2D eigenvalue weighted by Gasteiger charge is -2.07. The van der Waals surface area contributed by atoms with Crippen molar-refractivity contribution in [2.45, 2.75) is 33.1 Å². The summed E-state index contributed by atoms with van der Waals surface area (Å²) in [6, 6.07) is 7.15. The quantitative estimate of drug-likeness (QED) is 0.669. The van der Waals surface area contributed by atoms with Gasteiger partial charge >= 0.3 is 0 Å². The number of amides is 2. The van der Waals surface area contributed by atoms with Gasteiger partial charge in [-0.2, -0.15) is 0 Å². The van der Waals surface area contributed by atoms with E-state index in [1.165, 1.54) is 17.5 Å². The van der Waals surface area contributed by atoms with E-state index in [0.717, 1.165) is 10.4 Å². The molecule has 27 heavy (non-hydrogen) atoms. The first-order chi connectivity index (χ1) is 12.9. The molecule has 2 heterocycles. The molecule has 0 unspecified atom stereocenters. The van der Waals surface area contributed by atoms with E-state index in [-0.39, 0.29) is 18.2 Å². The van der Waals surface area contributed by atoms with Crippen molar-refractivity contribution in [3.05, 3.63) is 58.4 Å². The highest BCUT2D eigenvalue weighted by Gasteiger charge is 2.14. The first-order valence-electron chi connectivity index (χ1n) is 8.49. The standard InChI is InChI=1S/C19H20N4O3S/c1-11(2)16-10-20-19(27-16)23-17(24)8-13-5-4-6-14(7-13)22-18(25)15-9-21-26-12(15)3/h4-7,9-11H,8H2,1-3H3,(H,22,25)(H,20,23,24). The molecule has 0 spiro atoms. The number of nitrogens with one attached hydrogen (secondary N) is 2. The van der Waals surface area contributed by atoms with E-state index < -0.39 is 0 Å². The number of thiazole rings is 1. The largest absolute Gasteiger partial charge is 0.361 e. The molecule has 0 radical (unpaired) electrons. The second-order valence-corrected chi connectivity index (χ2v) is 7.46. The Kier molecular flexibility index (Phi) is 5.66. The molecule has 2 aromatic heterocycles. The van der Waals surface area contributed by atoms with Crippen LogP contribution < -0.4 is 10.6 Å². The van der Waals surface area contributed by atoms with Gasteiger partial charge in [-0.15, -0.1) is 11.3 Å². The van der Waals surface area contributed by atoms with E-state index in [1.54, 1.807) is 31.3 Å². The van der Waals surface area contributed by atoms with Crippen molar-refractivity contribution < 1.29 is 14.1 Å². The summed E-state index contributed by atoms with van der Waals surface area (Å²) in [5, 5.41) is 9.79. The number of anilines is 2. The SMILES string of the molecule is Cc1oncc1C(=O)Nc1cccc(CC(=O)Nc2ncc(C(C)C)s2)c1. The normalized spacial score (nSPS) is 10.8. The monoisotopic (exact) mass is 384 g/mol. The van der Waals surface area contributed by atoms with Crippen LogP contribution in [0, 0.1) is 6.92 Å². The summed E-state index contributed by atoms with van der Waals surface area (Å²) in [5.41, 5.74) is 1.76. The van der Waals surface area contributed by atoms with Gasteiger partial charge in [-0.1, -0.05) is 31.1 Å². The smallest absolute Gasteiger partial charge is 0.260 e. The van der Waals surface area contributed by atoms with Crippen LogP contribution in [0.3, 0.4) is 0 Å². The molecule has 140 valence electrons. The van der Waals surface area contributed by atoms with Crippen molar-refractivity contribution in [1.82, 2.24) is 10.1 Å². The fraction of sp³-hybridized carbons (Fsp3) is 0.263. The molecule has 7 nitrogen and oxygen atoms in total. The Labute approximate surface area is 160 Å². The number of hydrogen-bond donors (Lipinski definition) is 2. The summed E-state index contributed by atoms with van der Waals surface area (Å²) in [4.78, 5) is 29.9. The first kappa shape index (κ1) is 18.8. The van der Waals surface area contributed by atoms with Crippen molar-refractivity contribution in [3.63, 3.8) is 0 Å². The number of benzene rings is 1. The van der Waals surface area contributed by atoms with Gasteiger partial charge in [0.15, 0.2) is 5.13 Å². The molecule has 0 bridgehead atoms. The lowest BCUT2D eigenvalue weighted by Crippen LogP contribution is -2.15. The third-order valence-corrected chi connectivity index (χ3v) is 5.10. The second kappa shape index (κ2) is 8.13. The minimum atomic E-state index is -0.306. The van der Waals surface area contributed by atoms with E-state index in [4.69, 9.17) is 4.52 Å². The van der Waals surface area contributed by atoms with E-state index in [9.17, 15) is 9.59 Å². The molecule has 0 fully saturated rings. The Morgan fingerprint density at radius 2 is 2.04 bits per heavy atom. The van der Waals surface area contributed by atoms with Gasteiger partial charge in [0.25, 0.3) is 5.91 Å². The van der Waals surface area contributed by atoms with E-state index in [1.807, 2.05) is 6.07 Å². The molecule has 2 N–H and O–H groups in total. The third-order valence-electron chi connectivity index (χ3n) is 3.88. The van der Waals surface area contributed by atoms with Crippen molar-refractivity contribution in [2.24, 2.45) is 0 Å². The predicted octanol–water partition coefficient (Wildman–Crippen LogP) is 4.00. The van der Waals surface area contributed by atoms with Crippen LogP contribution in [0.15, 0.2) is 41.2 Å². The molecule has 0 aliphatic carbocycles. The van der Waals surface area contributed by atoms with Crippen LogP contribution in [0.25, 0.3) is 0 Å². The third kappa shape index (κ3) is 4.79. The van der Waals surface area contributed by atoms with E-state index in [2.05, 4.69) is 34.6 Å². The molecule has 0 saturated carbocycles. The maximum Gasteiger partial charge on any atom is 0.260 e. The van der Waals surface area contributed by atoms with E-state index >= 15 is 0 Å². The minimum absolute atomic E-state index is 0.155. The van der Waals surface area contributed by atoms with Crippen LogP contribution in [0.2, 0.25) is 0 Å². The molecule has 3 rings (SSSR count). The Bertz CT molecular complexity index is 961. The summed E-state index contributed by atoms with van der Waals surface area (Å²) in [7, 11) is 0. The van der Waals surface area contributed by atoms with Gasteiger partial charge in [-0.3, -0.25) is 9.59 Å². The zero-order chi connectivity index (χ0) is 19.4. The average molecular weight is 384 g/mol. The van der Waals surface area contributed by atoms with Gasteiger partial charge in [0.2, 0.25) is 5.91 Å². The minimum Gasteiger partial charge on any atom is -0.361 e. The van der Waals surface area contributed by atoms with Gasteiger partial charge in [0.1, 0.15) is 11.3 Å². The second-order valence-electron chi connectivity index (χ2n) is 6.40. The molecule has 2 amide bonds. The molecule has 0 aliphatic rings. The van der Waals surface area contributed by atoms with Crippen molar-refractivity contribution in [3.8, 4) is 0 Å². The van der Waals surface area contributed by atoms with Gasteiger partial charge in [0, 0.05) is 16.8 Å². The van der Waals surface area contributed by atoms with Gasteiger partial charge in [0.05, 0.1) is 12.6 Å². The van der Waals surface area contributed by atoms with Crippen LogP contribution in [0.1, 0.15) is 46.3 Å². The Hall–Kier alpha value is -3.00. The van der Waals surface area contributed by atoms with Crippen LogP contribution in [0.5, 0.6) is 0 Å². The van der Waals surface area contributed by atoms with Gasteiger partial charge < -0.3 is 15.2 Å². The maximum absolute atomic E-state index is 12.3. The van der Waals surface area contributed by atoms with Gasteiger partial charge in [-0.05, 0) is 30.5 Å². The van der Waals surface area contributed by atoms with Crippen LogP contribution in [-0.2, 0) is 11.2 Å². The lowest BCUT2D eigenvalue weighted by molar-refractivity contribution is -0.115. The number of hydrogen-bond acceptors (Lipinski definition) is 6. The highest BCUT2D eigenvalue weighted by atomic mass is 32.1. The summed E-state index contributed by atoms with van der Waals surface area (Å²) in [6.45, 7) is 5.84. The zero-order valence-corrected chi connectivity index (χ0v) is 16.1. The number of carbonyl (C=O) groups excluding carboxylic acids is 2. The predicted molar refractivity (Wildman–Crippen MR) is 104 cm³/mol. The van der Waals surface area contributed by atoms with Crippen LogP contribution in [-0.4, -0.2) is 22.0 Å². The molecule has 0 saturated heterocycles. The molecule has 8 heteroatoms. The summed E-state index contributed by atoms with van der Waals surface area (Å²) >= 11 is 1.48. The van der Waals surface area contributed by atoms with Crippen LogP contribution >= 0.6 is 11.3 Å². The Morgan fingerprint density at radius 3 is 2.70 bits per heavy atom. The van der Waals surface area contributed by atoms with Crippen molar-refractivity contribution in [1.29, 1.82) is 0 Å². The fourth-order valence-electron chi connectivity index (χ4n) is 2.43. The number of aromatic nitrogens is 2. The topological polar surface area (TPSA) is 97.1 Å². The highest BCUT2D eigenvalue weighted by Crippen LogP contribution is 2.25. The summed E-state index contributed by atoms with van der Waals surface area (Å²) in [5.74, 6) is 0.368. The van der Waals surface area contributed by atoms with Crippen molar-refractivity contribution >= 4 is 34.0 Å². The highest BCUT2D eigenvalue weighted by molar-refractivity contribution is 7.15. The molecule has 0 aliphatic heterocycles. The average Bonchev–Trinajstić information content (AvgIpc) is 3.24. The van der Waals surface area contributed by atoms with E-state index in [0.29, 0.717) is 28.1 Å². The Balaban J connectivity index is 1.62. The maximum atomic E-state index is 12.3.